The molecule has 2 heterocycles. The van der Waals surface area contributed by atoms with Gasteiger partial charge in [0.2, 0.25) is 0 Å². The van der Waals surface area contributed by atoms with Crippen LogP contribution in [0.25, 0.3) is 22.3 Å². The Morgan fingerprint density at radius 1 is 1.19 bits per heavy atom. The fourth-order valence-corrected chi connectivity index (χ4v) is 3.18. The maximum Gasteiger partial charge on any atom is 0.258 e. The third-order valence-electron chi connectivity index (χ3n) is 4.71. The molecule has 0 spiro atoms. The van der Waals surface area contributed by atoms with Gasteiger partial charge in [-0.05, 0) is 50.2 Å². The number of anilines is 2. The summed E-state index contributed by atoms with van der Waals surface area (Å²) in [5, 5.41) is 10.9. The lowest BCUT2D eigenvalue weighted by molar-refractivity contribution is -0.123. The number of amides is 1. The maximum atomic E-state index is 11.8. The average Bonchev–Trinajstić information content (AvgIpc) is 3.25. The second-order valence-corrected chi connectivity index (χ2v) is 7.48. The minimum atomic E-state index is -0.158. The molecular formula is C23H24N6O2. The third-order valence-corrected chi connectivity index (χ3v) is 4.71. The SMILES string of the molecule is CC(C)NC(=O)COc1cccc(-c2nccc(N(C)c3ccc4[nH]ncc4c3)n2)c1. The first-order valence-electron chi connectivity index (χ1n) is 10.0. The maximum absolute atomic E-state index is 11.8. The molecule has 31 heavy (non-hydrogen) atoms. The number of carbonyl (C=O) groups excluding carboxylic acids is 1. The van der Waals surface area contributed by atoms with Crippen LogP contribution in [0.2, 0.25) is 0 Å². The van der Waals surface area contributed by atoms with E-state index in [-0.39, 0.29) is 18.6 Å². The van der Waals surface area contributed by atoms with E-state index in [2.05, 4.69) is 26.6 Å². The van der Waals surface area contributed by atoms with E-state index in [9.17, 15) is 4.79 Å². The predicted molar refractivity (Wildman–Crippen MR) is 120 cm³/mol. The Kier molecular flexibility index (Phi) is 5.79. The molecule has 0 bridgehead atoms. The van der Waals surface area contributed by atoms with Gasteiger partial charge in [-0.25, -0.2) is 9.97 Å². The molecule has 0 saturated heterocycles. The van der Waals surface area contributed by atoms with Gasteiger partial charge in [0.15, 0.2) is 12.4 Å². The van der Waals surface area contributed by atoms with E-state index in [1.165, 1.54) is 0 Å². The summed E-state index contributed by atoms with van der Waals surface area (Å²) in [6, 6.07) is 15.4. The molecule has 4 aromatic rings. The number of rotatable bonds is 7. The monoisotopic (exact) mass is 416 g/mol. The van der Waals surface area contributed by atoms with E-state index in [1.807, 2.05) is 68.3 Å². The van der Waals surface area contributed by atoms with E-state index in [0.717, 1.165) is 28.0 Å². The van der Waals surface area contributed by atoms with Crippen molar-refractivity contribution in [1.29, 1.82) is 0 Å². The number of benzene rings is 2. The number of fused-ring (bicyclic) bond motifs is 1. The molecule has 2 aromatic carbocycles. The van der Waals surface area contributed by atoms with E-state index in [0.29, 0.717) is 11.6 Å². The van der Waals surface area contributed by atoms with Gasteiger partial charge in [0, 0.05) is 35.9 Å². The summed E-state index contributed by atoms with van der Waals surface area (Å²) in [5.41, 5.74) is 2.79. The van der Waals surface area contributed by atoms with Crippen LogP contribution in [0.5, 0.6) is 5.75 Å². The summed E-state index contributed by atoms with van der Waals surface area (Å²) in [5.74, 6) is 1.76. The normalized spacial score (nSPS) is 11.0. The van der Waals surface area contributed by atoms with Gasteiger partial charge in [0.1, 0.15) is 11.6 Å². The Balaban J connectivity index is 1.53. The smallest absolute Gasteiger partial charge is 0.258 e. The van der Waals surface area contributed by atoms with Crippen LogP contribution in [0.3, 0.4) is 0 Å². The predicted octanol–water partition coefficient (Wildman–Crippen LogP) is 3.69. The largest absolute Gasteiger partial charge is 0.484 e. The summed E-state index contributed by atoms with van der Waals surface area (Å²) in [6.07, 6.45) is 3.53. The lowest BCUT2D eigenvalue weighted by atomic mass is 10.2. The highest BCUT2D eigenvalue weighted by atomic mass is 16.5. The van der Waals surface area contributed by atoms with Crippen molar-refractivity contribution in [3.05, 3.63) is 60.9 Å². The van der Waals surface area contributed by atoms with Crippen LogP contribution in [0, 0.1) is 0 Å². The van der Waals surface area contributed by atoms with Crippen molar-refractivity contribution in [3.8, 4) is 17.1 Å². The van der Waals surface area contributed by atoms with Crippen LogP contribution in [0.1, 0.15) is 13.8 Å². The summed E-state index contributed by atoms with van der Waals surface area (Å²) < 4.78 is 5.62. The van der Waals surface area contributed by atoms with E-state index < -0.39 is 0 Å². The Bertz CT molecular complexity index is 1200. The van der Waals surface area contributed by atoms with Crippen LogP contribution in [-0.2, 0) is 4.79 Å². The molecule has 8 nitrogen and oxygen atoms in total. The van der Waals surface area contributed by atoms with E-state index >= 15 is 0 Å². The fourth-order valence-electron chi connectivity index (χ4n) is 3.18. The van der Waals surface area contributed by atoms with Gasteiger partial charge >= 0.3 is 0 Å². The lowest BCUT2D eigenvalue weighted by Crippen LogP contribution is -2.34. The molecule has 8 heteroatoms. The summed E-state index contributed by atoms with van der Waals surface area (Å²) in [6.45, 7) is 3.78. The van der Waals surface area contributed by atoms with Crippen molar-refractivity contribution < 1.29 is 9.53 Å². The van der Waals surface area contributed by atoms with Gasteiger partial charge in [-0.15, -0.1) is 0 Å². The van der Waals surface area contributed by atoms with Crippen molar-refractivity contribution in [2.75, 3.05) is 18.6 Å². The first-order chi connectivity index (χ1) is 15.0. The number of ether oxygens (including phenoxy) is 1. The highest BCUT2D eigenvalue weighted by Crippen LogP contribution is 2.27. The van der Waals surface area contributed by atoms with Crippen molar-refractivity contribution in [2.24, 2.45) is 0 Å². The molecule has 4 rings (SSSR count). The topological polar surface area (TPSA) is 96.0 Å². The molecule has 1 amide bonds. The van der Waals surface area contributed by atoms with Crippen molar-refractivity contribution in [1.82, 2.24) is 25.5 Å². The van der Waals surface area contributed by atoms with Crippen LogP contribution in [0.15, 0.2) is 60.9 Å². The Labute approximate surface area is 180 Å². The number of H-pyrrole nitrogens is 1. The quantitative estimate of drug-likeness (QED) is 0.477. The summed E-state index contributed by atoms with van der Waals surface area (Å²) in [4.78, 5) is 23.0. The number of nitrogens with one attached hydrogen (secondary N) is 2. The van der Waals surface area contributed by atoms with Gasteiger partial charge in [0.25, 0.3) is 5.91 Å². The van der Waals surface area contributed by atoms with Crippen molar-refractivity contribution in [2.45, 2.75) is 19.9 Å². The molecule has 2 aromatic heterocycles. The third kappa shape index (κ3) is 4.80. The van der Waals surface area contributed by atoms with E-state index in [1.54, 1.807) is 12.4 Å². The number of nitrogens with zero attached hydrogens (tertiary/aromatic N) is 4. The number of hydrogen-bond donors (Lipinski definition) is 2. The van der Waals surface area contributed by atoms with Crippen LogP contribution in [-0.4, -0.2) is 45.8 Å². The molecule has 0 fully saturated rings. The zero-order chi connectivity index (χ0) is 21.8. The summed E-state index contributed by atoms with van der Waals surface area (Å²) >= 11 is 0. The second kappa shape index (κ2) is 8.83. The van der Waals surface area contributed by atoms with Gasteiger partial charge < -0.3 is 15.0 Å². The molecule has 2 N–H and O–H groups in total. The molecule has 0 aliphatic rings. The average molecular weight is 416 g/mol. The zero-order valence-corrected chi connectivity index (χ0v) is 17.7. The first kappa shape index (κ1) is 20.3. The standard InChI is InChI=1S/C23H24N6O2/c1-15(2)26-22(30)14-31-19-6-4-5-16(12-19)23-24-10-9-21(27-23)29(3)18-7-8-20-17(11-18)13-25-28-20/h4-13,15H,14H2,1-3H3,(H,25,28)(H,26,30). The second-order valence-electron chi connectivity index (χ2n) is 7.48. The molecule has 0 atom stereocenters. The first-order valence-corrected chi connectivity index (χ1v) is 10.0. The Morgan fingerprint density at radius 3 is 2.90 bits per heavy atom. The molecule has 0 aliphatic heterocycles. The minimum absolute atomic E-state index is 0.0399. The van der Waals surface area contributed by atoms with Gasteiger partial charge in [-0.2, -0.15) is 5.10 Å². The minimum Gasteiger partial charge on any atom is -0.484 e. The van der Waals surface area contributed by atoms with Crippen LogP contribution >= 0.6 is 0 Å². The van der Waals surface area contributed by atoms with Gasteiger partial charge in [-0.3, -0.25) is 9.89 Å². The van der Waals surface area contributed by atoms with Crippen molar-refractivity contribution in [3.63, 3.8) is 0 Å². The molecule has 0 saturated carbocycles. The van der Waals surface area contributed by atoms with Gasteiger partial charge in [0.05, 0.1) is 11.7 Å². The van der Waals surface area contributed by atoms with E-state index in [4.69, 9.17) is 9.72 Å². The zero-order valence-electron chi connectivity index (χ0n) is 17.7. The van der Waals surface area contributed by atoms with Crippen LogP contribution in [0.4, 0.5) is 11.5 Å². The van der Waals surface area contributed by atoms with Crippen molar-refractivity contribution >= 4 is 28.3 Å². The highest BCUT2D eigenvalue weighted by molar-refractivity contribution is 5.83. The summed E-state index contributed by atoms with van der Waals surface area (Å²) in [7, 11) is 1.96. The number of hydrogen-bond acceptors (Lipinski definition) is 6. The molecular weight excluding hydrogens is 392 g/mol. The van der Waals surface area contributed by atoms with Gasteiger partial charge in [-0.1, -0.05) is 12.1 Å². The molecule has 0 aliphatic carbocycles. The molecule has 158 valence electrons. The number of aromatic amines is 1. The fraction of sp³-hybridized carbons (Fsp3) is 0.217. The lowest BCUT2D eigenvalue weighted by Gasteiger charge is -2.19. The molecule has 0 unspecified atom stereocenters. The molecule has 0 radical (unpaired) electrons. The Hall–Kier alpha value is -3.94. The highest BCUT2D eigenvalue weighted by Gasteiger charge is 2.11. The number of aromatic nitrogens is 4. The van der Waals surface area contributed by atoms with Crippen LogP contribution < -0.4 is 15.0 Å². The number of carbonyl (C=O) groups is 1. The Morgan fingerprint density at radius 2 is 2.06 bits per heavy atom.